The minimum Gasteiger partial charge on any atom is -0.502 e. The van der Waals surface area contributed by atoms with Gasteiger partial charge in [-0.05, 0) is 24.6 Å². The van der Waals surface area contributed by atoms with Crippen LogP contribution in [0.2, 0.25) is 0 Å². The Morgan fingerprint density at radius 2 is 1.75 bits per heavy atom. The van der Waals surface area contributed by atoms with E-state index in [1.54, 1.807) is 15.8 Å². The molecule has 0 aliphatic carbocycles. The summed E-state index contributed by atoms with van der Waals surface area (Å²) in [5.74, 6) is -0.209. The molecule has 2 bridgehead atoms. The summed E-state index contributed by atoms with van der Waals surface area (Å²) in [5.41, 5.74) is 1.28. The number of carbonyl (C=O) groups is 1. The number of ether oxygens (including phenoxy) is 1. The Hall–Kier alpha value is -4.00. The fourth-order valence-electron chi connectivity index (χ4n) is 4.35. The standard InChI is InChI=1S/C25H23N3O4/c1-17-8-7-15-32-21-12-6-5-11-19(21)22(18-9-3-2-4-10-18)28-16-26(17)25(31)23-24(30)20(29)13-14-27(23)28/h2-14,17,22,30H,15-16H2,1H3/b8-7-/t17-,22-/m0/s1. The molecular formula is C25H23N3O4. The maximum absolute atomic E-state index is 13.4. The average Bonchev–Trinajstić information content (AvgIpc) is 2.83. The molecule has 0 saturated carbocycles. The van der Waals surface area contributed by atoms with E-state index in [1.807, 2.05) is 78.7 Å². The lowest BCUT2D eigenvalue weighted by Crippen LogP contribution is -2.57. The third-order valence-corrected chi connectivity index (χ3v) is 5.96. The molecule has 7 nitrogen and oxygen atoms in total. The summed E-state index contributed by atoms with van der Waals surface area (Å²) in [5, 5.41) is 12.6. The van der Waals surface area contributed by atoms with Crippen molar-refractivity contribution in [2.45, 2.75) is 19.0 Å². The van der Waals surface area contributed by atoms with Gasteiger partial charge in [-0.3, -0.25) is 19.3 Å². The monoisotopic (exact) mass is 429 g/mol. The van der Waals surface area contributed by atoms with E-state index in [9.17, 15) is 14.7 Å². The van der Waals surface area contributed by atoms with Gasteiger partial charge in [0.15, 0.2) is 11.4 Å². The third-order valence-electron chi connectivity index (χ3n) is 5.96. The molecular weight excluding hydrogens is 406 g/mol. The fourth-order valence-corrected chi connectivity index (χ4v) is 4.35. The van der Waals surface area contributed by atoms with Crippen LogP contribution in [0.15, 0.2) is 83.8 Å². The molecule has 0 saturated heterocycles. The van der Waals surface area contributed by atoms with Gasteiger partial charge < -0.3 is 14.7 Å². The summed E-state index contributed by atoms with van der Waals surface area (Å²) in [6.07, 6.45) is 5.33. The number of aromatic nitrogens is 1. The van der Waals surface area contributed by atoms with E-state index in [4.69, 9.17) is 4.74 Å². The molecule has 0 unspecified atom stereocenters. The zero-order chi connectivity index (χ0) is 22.2. The topological polar surface area (TPSA) is 75.0 Å². The third kappa shape index (κ3) is 3.22. The van der Waals surface area contributed by atoms with Crippen molar-refractivity contribution in [2.75, 3.05) is 18.3 Å². The lowest BCUT2D eigenvalue weighted by atomic mass is 9.97. The predicted octanol–water partition coefficient (Wildman–Crippen LogP) is 3.03. The summed E-state index contributed by atoms with van der Waals surface area (Å²) in [7, 11) is 0. The molecule has 2 aromatic carbocycles. The van der Waals surface area contributed by atoms with Crippen LogP contribution in [0.25, 0.3) is 0 Å². The molecule has 5 rings (SSSR count). The van der Waals surface area contributed by atoms with Gasteiger partial charge in [-0.1, -0.05) is 54.6 Å². The smallest absolute Gasteiger partial charge is 0.278 e. The second-order valence-electron chi connectivity index (χ2n) is 7.91. The zero-order valence-electron chi connectivity index (χ0n) is 17.6. The number of nitrogens with zero attached hydrogens (tertiary/aromatic N) is 3. The lowest BCUT2D eigenvalue weighted by molar-refractivity contribution is 0.0643. The van der Waals surface area contributed by atoms with Crippen LogP contribution in [0.5, 0.6) is 11.5 Å². The molecule has 2 atom stereocenters. The van der Waals surface area contributed by atoms with Crippen molar-refractivity contribution in [1.82, 2.24) is 9.58 Å². The van der Waals surface area contributed by atoms with Crippen LogP contribution in [0, 0.1) is 0 Å². The van der Waals surface area contributed by atoms with Gasteiger partial charge in [0.1, 0.15) is 25.1 Å². The van der Waals surface area contributed by atoms with Gasteiger partial charge >= 0.3 is 0 Å². The van der Waals surface area contributed by atoms with Gasteiger partial charge in [0.05, 0.1) is 0 Å². The number of aromatic hydroxyl groups is 1. The maximum Gasteiger partial charge on any atom is 0.278 e. The largest absolute Gasteiger partial charge is 0.502 e. The van der Waals surface area contributed by atoms with Gasteiger partial charge in [-0.15, -0.1) is 0 Å². The molecule has 1 N–H and O–H groups in total. The Labute approximate surface area is 185 Å². The van der Waals surface area contributed by atoms with Crippen molar-refractivity contribution in [3.63, 3.8) is 0 Å². The van der Waals surface area contributed by atoms with Crippen LogP contribution in [-0.4, -0.2) is 39.9 Å². The highest BCUT2D eigenvalue weighted by Crippen LogP contribution is 2.37. The van der Waals surface area contributed by atoms with Crippen molar-refractivity contribution in [1.29, 1.82) is 0 Å². The molecule has 0 fully saturated rings. The summed E-state index contributed by atoms with van der Waals surface area (Å²) in [4.78, 5) is 27.2. The Bertz CT molecular complexity index is 1250. The Morgan fingerprint density at radius 1 is 1.00 bits per heavy atom. The normalized spacial score (nSPS) is 21.1. The van der Waals surface area contributed by atoms with Crippen LogP contribution >= 0.6 is 0 Å². The predicted molar refractivity (Wildman–Crippen MR) is 120 cm³/mol. The first-order chi connectivity index (χ1) is 15.6. The van der Waals surface area contributed by atoms with Crippen molar-refractivity contribution >= 4 is 5.91 Å². The summed E-state index contributed by atoms with van der Waals surface area (Å²) < 4.78 is 7.70. The van der Waals surface area contributed by atoms with Crippen molar-refractivity contribution in [2.24, 2.45) is 0 Å². The minimum atomic E-state index is -0.584. The van der Waals surface area contributed by atoms with E-state index in [-0.39, 0.29) is 24.4 Å². The molecule has 32 heavy (non-hydrogen) atoms. The van der Waals surface area contributed by atoms with Crippen LogP contribution in [0.3, 0.4) is 0 Å². The van der Waals surface area contributed by atoms with Crippen LogP contribution in [0.1, 0.15) is 34.6 Å². The van der Waals surface area contributed by atoms with Gasteiger partial charge in [0, 0.05) is 23.9 Å². The zero-order valence-corrected chi connectivity index (χ0v) is 17.6. The van der Waals surface area contributed by atoms with E-state index in [2.05, 4.69) is 0 Å². The number of benzene rings is 2. The van der Waals surface area contributed by atoms with E-state index in [0.717, 1.165) is 16.9 Å². The number of fused-ring (bicyclic) bond motifs is 5. The molecule has 2 aliphatic heterocycles. The molecule has 7 heteroatoms. The van der Waals surface area contributed by atoms with Crippen LogP contribution in [0.4, 0.5) is 0 Å². The van der Waals surface area contributed by atoms with E-state index in [0.29, 0.717) is 6.61 Å². The van der Waals surface area contributed by atoms with Crippen molar-refractivity contribution in [3.05, 3.63) is 106 Å². The molecule has 0 spiro atoms. The molecule has 1 amide bonds. The number of amides is 1. The van der Waals surface area contributed by atoms with Crippen molar-refractivity contribution in [3.8, 4) is 11.5 Å². The number of rotatable bonds is 1. The lowest BCUT2D eigenvalue weighted by Gasteiger charge is -2.45. The first kappa shape index (κ1) is 19.9. The Balaban J connectivity index is 1.81. The second kappa shape index (κ2) is 7.92. The van der Waals surface area contributed by atoms with Crippen LogP contribution in [-0.2, 0) is 0 Å². The van der Waals surface area contributed by atoms with Crippen LogP contribution < -0.4 is 15.2 Å². The van der Waals surface area contributed by atoms with E-state index >= 15 is 0 Å². The number of carbonyl (C=O) groups excluding carboxylic acids is 1. The average molecular weight is 429 g/mol. The van der Waals surface area contributed by atoms with E-state index < -0.39 is 17.1 Å². The Kier molecular flexibility index (Phi) is 4.93. The summed E-state index contributed by atoms with van der Waals surface area (Å²) >= 11 is 0. The molecule has 2 aliphatic rings. The molecule has 162 valence electrons. The minimum absolute atomic E-state index is 0.0393. The number of hydrogen-bond acceptors (Lipinski definition) is 5. The van der Waals surface area contributed by atoms with Gasteiger partial charge in [-0.25, -0.2) is 0 Å². The summed E-state index contributed by atoms with van der Waals surface area (Å²) in [6, 6.07) is 18.4. The SMILES string of the molecule is C[C@H]1/C=C\COc2ccccc2[C@H](c2ccccc2)N2CN1C(=O)c1c(O)c(=O)ccn12. The molecule has 3 aromatic rings. The quantitative estimate of drug-likeness (QED) is 0.602. The molecule has 3 heterocycles. The first-order valence-corrected chi connectivity index (χ1v) is 10.5. The maximum atomic E-state index is 13.4. The first-order valence-electron chi connectivity index (χ1n) is 10.5. The van der Waals surface area contributed by atoms with Gasteiger partial charge in [0.25, 0.3) is 5.91 Å². The summed E-state index contributed by atoms with van der Waals surface area (Å²) in [6.45, 7) is 2.53. The second-order valence-corrected chi connectivity index (χ2v) is 7.91. The van der Waals surface area contributed by atoms with Gasteiger partial charge in [-0.2, -0.15) is 0 Å². The highest BCUT2D eigenvalue weighted by atomic mass is 16.5. The fraction of sp³-hybridized carbons (Fsp3) is 0.200. The molecule has 1 aromatic heterocycles. The number of para-hydroxylation sites is 1. The van der Waals surface area contributed by atoms with Gasteiger partial charge in [0.2, 0.25) is 5.43 Å². The highest BCUT2D eigenvalue weighted by Gasteiger charge is 2.38. The Morgan fingerprint density at radius 3 is 2.56 bits per heavy atom. The van der Waals surface area contributed by atoms with E-state index in [1.165, 1.54) is 6.07 Å². The van der Waals surface area contributed by atoms with Crippen molar-refractivity contribution < 1.29 is 14.6 Å². The number of pyridine rings is 1. The highest BCUT2D eigenvalue weighted by molar-refractivity contribution is 5.96. The number of hydrogen-bond donors (Lipinski definition) is 1. The molecule has 0 radical (unpaired) electrons.